The van der Waals surface area contributed by atoms with Gasteiger partial charge in [-0.2, -0.15) is 15.0 Å². The molecule has 8 heteroatoms. The minimum absolute atomic E-state index is 0.0190. The summed E-state index contributed by atoms with van der Waals surface area (Å²) in [5.41, 5.74) is 0. The number of aromatic nitrogens is 3. The van der Waals surface area contributed by atoms with E-state index in [1.807, 2.05) is 0 Å². The molecule has 1 aromatic heterocycles. The van der Waals surface area contributed by atoms with E-state index in [0.29, 0.717) is 0 Å². The summed E-state index contributed by atoms with van der Waals surface area (Å²) in [4.78, 5) is 22.2. The van der Waals surface area contributed by atoms with Gasteiger partial charge in [-0.25, -0.2) is 0 Å². The maximum atomic E-state index is 10.8. The van der Waals surface area contributed by atoms with E-state index in [2.05, 4.69) is 20.3 Å². The van der Waals surface area contributed by atoms with Crippen molar-refractivity contribution < 1.29 is 14.6 Å². The minimum atomic E-state index is -0.905. The van der Waals surface area contributed by atoms with Crippen LogP contribution in [0.15, 0.2) is 0 Å². The number of rotatable bonds is 5. The molecule has 0 aliphatic carbocycles. The highest BCUT2D eigenvalue weighted by Crippen LogP contribution is 2.14. The van der Waals surface area contributed by atoms with Crippen molar-refractivity contribution in [2.75, 3.05) is 12.4 Å². The van der Waals surface area contributed by atoms with Gasteiger partial charge in [-0.05, 0) is 25.4 Å². The van der Waals surface area contributed by atoms with E-state index in [1.54, 1.807) is 13.8 Å². The van der Waals surface area contributed by atoms with Gasteiger partial charge in [0.05, 0.1) is 13.0 Å². The molecule has 2 N–H and O–H groups in total. The summed E-state index contributed by atoms with van der Waals surface area (Å²) >= 11 is 5.66. The first kappa shape index (κ1) is 13.4. The van der Waals surface area contributed by atoms with Crippen LogP contribution in [-0.4, -0.2) is 39.2 Å². The fraction of sp³-hybridized carbons (Fsp3) is 0.556. The zero-order chi connectivity index (χ0) is 13.0. The summed E-state index contributed by atoms with van der Waals surface area (Å²) in [6.45, 7) is 3.29. The van der Waals surface area contributed by atoms with Crippen molar-refractivity contribution in [3.8, 4) is 6.01 Å². The molecule has 94 valence electrons. The fourth-order valence-electron chi connectivity index (χ4n) is 1.03. The van der Waals surface area contributed by atoms with Gasteiger partial charge in [-0.3, -0.25) is 4.79 Å². The number of nitrogens with zero attached hydrogens (tertiary/aromatic N) is 3. The molecule has 0 spiro atoms. The van der Waals surface area contributed by atoms with Gasteiger partial charge in [0.1, 0.15) is 0 Å². The second kappa shape index (κ2) is 5.62. The predicted molar refractivity (Wildman–Crippen MR) is 61.3 cm³/mol. The normalized spacial score (nSPS) is 13.9. The standard InChI is InChI=1S/C9H13ClN4O3/c1-4(6(15)16)5(2)11-8-12-7(10)13-9(14-8)17-3/h4-5H,1-3H3,(H,15,16)(H,11,12,13,14). The highest BCUT2D eigenvalue weighted by Gasteiger charge is 2.20. The molecule has 2 atom stereocenters. The number of aliphatic carboxylic acids is 1. The maximum absolute atomic E-state index is 10.8. The van der Waals surface area contributed by atoms with Crippen molar-refractivity contribution in [2.45, 2.75) is 19.9 Å². The monoisotopic (exact) mass is 260 g/mol. The van der Waals surface area contributed by atoms with Crippen LogP contribution in [0.25, 0.3) is 0 Å². The number of nitrogens with one attached hydrogen (secondary N) is 1. The lowest BCUT2D eigenvalue weighted by atomic mass is 10.0. The van der Waals surface area contributed by atoms with Crippen LogP contribution in [0.5, 0.6) is 6.01 Å². The van der Waals surface area contributed by atoms with Crippen molar-refractivity contribution in [3.05, 3.63) is 5.28 Å². The second-order valence-corrected chi connectivity index (χ2v) is 3.81. The van der Waals surface area contributed by atoms with Crippen molar-refractivity contribution in [3.63, 3.8) is 0 Å². The van der Waals surface area contributed by atoms with Crippen LogP contribution in [0.4, 0.5) is 5.95 Å². The third-order valence-electron chi connectivity index (χ3n) is 2.27. The van der Waals surface area contributed by atoms with Gasteiger partial charge in [0.25, 0.3) is 0 Å². The third-order valence-corrected chi connectivity index (χ3v) is 2.44. The van der Waals surface area contributed by atoms with Gasteiger partial charge < -0.3 is 15.2 Å². The quantitative estimate of drug-likeness (QED) is 0.817. The molecule has 17 heavy (non-hydrogen) atoms. The molecule has 1 rings (SSSR count). The van der Waals surface area contributed by atoms with Crippen LogP contribution >= 0.6 is 11.6 Å². The van der Waals surface area contributed by atoms with Crippen LogP contribution in [0.2, 0.25) is 5.28 Å². The predicted octanol–water partition coefficient (Wildman–Crippen LogP) is 1.05. The zero-order valence-electron chi connectivity index (χ0n) is 9.64. The van der Waals surface area contributed by atoms with E-state index in [0.717, 1.165) is 0 Å². The molecule has 0 amide bonds. The Morgan fingerprint density at radius 2 is 2.06 bits per heavy atom. The van der Waals surface area contributed by atoms with E-state index in [-0.39, 0.29) is 23.3 Å². The Labute approximate surface area is 103 Å². The van der Waals surface area contributed by atoms with E-state index in [1.165, 1.54) is 7.11 Å². The van der Waals surface area contributed by atoms with Gasteiger partial charge in [-0.15, -0.1) is 0 Å². The van der Waals surface area contributed by atoms with Crippen molar-refractivity contribution in [2.24, 2.45) is 5.92 Å². The van der Waals surface area contributed by atoms with Crippen molar-refractivity contribution in [1.82, 2.24) is 15.0 Å². The Bertz CT molecular complexity index is 415. The lowest BCUT2D eigenvalue weighted by molar-refractivity contribution is -0.141. The topological polar surface area (TPSA) is 97.2 Å². The molecule has 0 aliphatic heterocycles. The number of halogens is 1. The number of ether oxygens (including phenoxy) is 1. The first-order chi connectivity index (χ1) is 7.93. The average Bonchev–Trinajstić information content (AvgIpc) is 2.26. The number of carboxylic acid groups (broad SMARTS) is 1. The molecule has 0 saturated carbocycles. The number of carboxylic acids is 1. The number of hydrogen-bond acceptors (Lipinski definition) is 6. The van der Waals surface area contributed by atoms with E-state index in [4.69, 9.17) is 21.4 Å². The zero-order valence-corrected chi connectivity index (χ0v) is 10.4. The summed E-state index contributed by atoms with van der Waals surface area (Å²) in [6, 6.07) is -0.279. The third kappa shape index (κ3) is 3.70. The molecule has 1 aromatic rings. The molecular formula is C9H13ClN4O3. The Kier molecular flexibility index (Phi) is 4.45. The number of methoxy groups -OCH3 is 1. The second-order valence-electron chi connectivity index (χ2n) is 3.47. The van der Waals surface area contributed by atoms with E-state index in [9.17, 15) is 4.79 Å². The van der Waals surface area contributed by atoms with Crippen LogP contribution in [0, 0.1) is 5.92 Å². The Hall–Kier alpha value is -1.63. The lowest BCUT2D eigenvalue weighted by Crippen LogP contribution is -2.30. The number of hydrogen-bond donors (Lipinski definition) is 2. The number of carbonyl (C=O) groups is 1. The molecule has 0 aliphatic rings. The smallest absolute Gasteiger partial charge is 0.322 e. The van der Waals surface area contributed by atoms with Crippen LogP contribution in [-0.2, 0) is 4.79 Å². The Balaban J connectivity index is 2.80. The van der Waals surface area contributed by atoms with Gasteiger partial charge in [0.15, 0.2) is 0 Å². The molecule has 1 heterocycles. The van der Waals surface area contributed by atoms with Gasteiger partial charge >= 0.3 is 12.0 Å². The largest absolute Gasteiger partial charge is 0.481 e. The highest BCUT2D eigenvalue weighted by molar-refractivity contribution is 6.28. The molecule has 0 fully saturated rings. The van der Waals surface area contributed by atoms with Crippen molar-refractivity contribution >= 4 is 23.5 Å². The summed E-state index contributed by atoms with van der Waals surface area (Å²) in [5.74, 6) is -1.31. The SMILES string of the molecule is COc1nc(Cl)nc(NC(C)C(C)C(=O)O)n1. The summed E-state index contributed by atoms with van der Waals surface area (Å²) < 4.78 is 4.82. The molecule has 7 nitrogen and oxygen atoms in total. The summed E-state index contributed by atoms with van der Waals surface area (Å²) in [5, 5.41) is 11.7. The Morgan fingerprint density at radius 1 is 1.41 bits per heavy atom. The molecule has 2 unspecified atom stereocenters. The van der Waals surface area contributed by atoms with E-state index >= 15 is 0 Å². The fourth-order valence-corrected chi connectivity index (χ4v) is 1.18. The number of anilines is 1. The summed E-state index contributed by atoms with van der Waals surface area (Å²) in [6.07, 6.45) is 0. The van der Waals surface area contributed by atoms with Crippen molar-refractivity contribution in [1.29, 1.82) is 0 Å². The molecule has 0 saturated heterocycles. The lowest BCUT2D eigenvalue weighted by Gasteiger charge is -2.17. The highest BCUT2D eigenvalue weighted by atomic mass is 35.5. The van der Waals surface area contributed by atoms with Crippen LogP contribution in [0.1, 0.15) is 13.8 Å². The van der Waals surface area contributed by atoms with Gasteiger partial charge in [-0.1, -0.05) is 0 Å². The molecule has 0 aromatic carbocycles. The maximum Gasteiger partial charge on any atom is 0.322 e. The van der Waals surface area contributed by atoms with E-state index < -0.39 is 11.9 Å². The first-order valence-electron chi connectivity index (χ1n) is 4.89. The average molecular weight is 261 g/mol. The first-order valence-corrected chi connectivity index (χ1v) is 5.26. The molecule has 0 bridgehead atoms. The minimum Gasteiger partial charge on any atom is -0.481 e. The molecule has 0 radical (unpaired) electrons. The Morgan fingerprint density at radius 3 is 2.59 bits per heavy atom. The van der Waals surface area contributed by atoms with Gasteiger partial charge in [0, 0.05) is 6.04 Å². The van der Waals surface area contributed by atoms with Crippen LogP contribution in [0.3, 0.4) is 0 Å². The molecular weight excluding hydrogens is 248 g/mol. The summed E-state index contributed by atoms with van der Waals surface area (Å²) in [7, 11) is 1.40. The van der Waals surface area contributed by atoms with Crippen LogP contribution < -0.4 is 10.1 Å². The van der Waals surface area contributed by atoms with Gasteiger partial charge in [0.2, 0.25) is 11.2 Å².